The summed E-state index contributed by atoms with van der Waals surface area (Å²) in [6.45, 7) is 4.03. The highest BCUT2D eigenvalue weighted by Gasteiger charge is 2.13. The molecule has 0 unspecified atom stereocenters. The standard InChI is InChI=1S/C19H24N2OS/c22-19(10-9-18-8-5-13-23-18)20-14-16-6-1-2-7-17(16)15-21-11-3-4-12-21/h1-2,5-8,13H,3-4,9-12,14-15H2,(H,20,22). The molecule has 4 heteroatoms. The number of aryl methyl sites for hydroxylation is 1. The molecule has 1 fully saturated rings. The monoisotopic (exact) mass is 328 g/mol. The van der Waals surface area contributed by atoms with E-state index in [1.54, 1.807) is 11.3 Å². The Morgan fingerprint density at radius 3 is 2.61 bits per heavy atom. The Morgan fingerprint density at radius 2 is 1.87 bits per heavy atom. The van der Waals surface area contributed by atoms with Crippen LogP contribution in [0.25, 0.3) is 0 Å². The summed E-state index contributed by atoms with van der Waals surface area (Å²) in [6, 6.07) is 12.6. The Balaban J connectivity index is 1.50. The van der Waals surface area contributed by atoms with Gasteiger partial charge >= 0.3 is 0 Å². The van der Waals surface area contributed by atoms with Crippen LogP contribution in [0.15, 0.2) is 41.8 Å². The van der Waals surface area contributed by atoms with Crippen molar-refractivity contribution in [1.82, 2.24) is 10.2 Å². The van der Waals surface area contributed by atoms with Crippen molar-refractivity contribution in [2.45, 2.75) is 38.8 Å². The van der Waals surface area contributed by atoms with Gasteiger partial charge in [0.2, 0.25) is 5.91 Å². The average molecular weight is 328 g/mol. The van der Waals surface area contributed by atoms with Crippen LogP contribution in [0.2, 0.25) is 0 Å². The van der Waals surface area contributed by atoms with Crippen LogP contribution in [-0.4, -0.2) is 23.9 Å². The van der Waals surface area contributed by atoms with E-state index in [1.807, 2.05) is 6.07 Å². The summed E-state index contributed by atoms with van der Waals surface area (Å²) < 4.78 is 0. The van der Waals surface area contributed by atoms with Crippen LogP contribution in [0.1, 0.15) is 35.3 Å². The fourth-order valence-electron chi connectivity index (χ4n) is 3.04. The molecule has 0 bridgehead atoms. The van der Waals surface area contributed by atoms with Gasteiger partial charge in [0.05, 0.1) is 0 Å². The van der Waals surface area contributed by atoms with Gasteiger partial charge in [-0.25, -0.2) is 0 Å². The first-order valence-electron chi connectivity index (χ1n) is 8.39. The van der Waals surface area contributed by atoms with E-state index in [1.165, 1.54) is 41.9 Å². The maximum Gasteiger partial charge on any atom is 0.220 e. The molecule has 122 valence electrons. The van der Waals surface area contributed by atoms with Gasteiger partial charge < -0.3 is 5.32 Å². The van der Waals surface area contributed by atoms with Crippen molar-refractivity contribution in [3.63, 3.8) is 0 Å². The van der Waals surface area contributed by atoms with Gasteiger partial charge in [0, 0.05) is 24.4 Å². The average Bonchev–Trinajstić information content (AvgIpc) is 3.25. The molecule has 3 nitrogen and oxygen atoms in total. The van der Waals surface area contributed by atoms with Crippen LogP contribution in [0.3, 0.4) is 0 Å². The van der Waals surface area contributed by atoms with Crippen molar-refractivity contribution >= 4 is 17.2 Å². The molecule has 3 rings (SSSR count). The topological polar surface area (TPSA) is 32.3 Å². The number of nitrogens with zero attached hydrogens (tertiary/aromatic N) is 1. The first-order valence-corrected chi connectivity index (χ1v) is 9.27. The van der Waals surface area contributed by atoms with Crippen LogP contribution in [0.5, 0.6) is 0 Å². The zero-order valence-corrected chi connectivity index (χ0v) is 14.3. The van der Waals surface area contributed by atoms with Crippen molar-refractivity contribution in [2.24, 2.45) is 0 Å². The van der Waals surface area contributed by atoms with Crippen molar-refractivity contribution < 1.29 is 4.79 Å². The largest absolute Gasteiger partial charge is 0.352 e. The molecule has 0 atom stereocenters. The summed E-state index contributed by atoms with van der Waals surface area (Å²) in [5.74, 6) is 0.134. The number of nitrogens with one attached hydrogen (secondary N) is 1. The van der Waals surface area contributed by atoms with Gasteiger partial charge in [-0.2, -0.15) is 0 Å². The zero-order chi connectivity index (χ0) is 15.9. The van der Waals surface area contributed by atoms with Crippen LogP contribution in [-0.2, 0) is 24.3 Å². The highest BCUT2D eigenvalue weighted by Crippen LogP contribution is 2.16. The van der Waals surface area contributed by atoms with Crippen LogP contribution < -0.4 is 5.32 Å². The molecule has 1 aromatic carbocycles. The normalized spacial score (nSPS) is 15.0. The third-order valence-electron chi connectivity index (χ3n) is 4.37. The number of amides is 1. The van der Waals surface area contributed by atoms with E-state index >= 15 is 0 Å². The summed E-state index contributed by atoms with van der Waals surface area (Å²) in [5.41, 5.74) is 2.58. The third-order valence-corrected chi connectivity index (χ3v) is 5.30. The number of likely N-dealkylation sites (tertiary alicyclic amines) is 1. The van der Waals surface area contributed by atoms with Crippen molar-refractivity contribution in [1.29, 1.82) is 0 Å². The lowest BCUT2D eigenvalue weighted by Gasteiger charge is -2.17. The molecule has 1 aliphatic heterocycles. The number of thiophene rings is 1. The van der Waals surface area contributed by atoms with Gasteiger partial charge in [-0.05, 0) is 54.9 Å². The number of carbonyl (C=O) groups is 1. The summed E-state index contributed by atoms with van der Waals surface area (Å²) in [4.78, 5) is 15.8. The molecular formula is C19H24N2OS. The molecule has 0 spiro atoms. The zero-order valence-electron chi connectivity index (χ0n) is 13.5. The molecule has 1 aromatic heterocycles. The minimum atomic E-state index is 0.134. The fourth-order valence-corrected chi connectivity index (χ4v) is 3.75. The predicted molar refractivity (Wildman–Crippen MR) is 95.4 cm³/mol. The van der Waals surface area contributed by atoms with E-state index in [0.717, 1.165) is 13.0 Å². The molecule has 1 N–H and O–H groups in total. The fraction of sp³-hybridized carbons (Fsp3) is 0.421. The minimum Gasteiger partial charge on any atom is -0.352 e. The lowest BCUT2D eigenvalue weighted by atomic mass is 10.1. The maximum absolute atomic E-state index is 12.1. The van der Waals surface area contributed by atoms with Gasteiger partial charge in [0.15, 0.2) is 0 Å². The number of benzene rings is 1. The summed E-state index contributed by atoms with van der Waals surface area (Å²) in [5, 5.41) is 5.13. The SMILES string of the molecule is O=C(CCc1cccs1)NCc1ccccc1CN1CCCC1. The third kappa shape index (κ3) is 4.91. The van der Waals surface area contributed by atoms with Crippen molar-refractivity contribution in [2.75, 3.05) is 13.1 Å². The van der Waals surface area contributed by atoms with Gasteiger partial charge in [-0.15, -0.1) is 11.3 Å². The lowest BCUT2D eigenvalue weighted by molar-refractivity contribution is -0.121. The molecule has 0 aliphatic carbocycles. The van der Waals surface area contributed by atoms with E-state index in [2.05, 4.69) is 45.9 Å². The molecule has 23 heavy (non-hydrogen) atoms. The molecule has 0 saturated carbocycles. The molecule has 1 aliphatic rings. The first-order chi connectivity index (χ1) is 11.3. The predicted octanol–water partition coefficient (Wildman–Crippen LogP) is 3.59. The Labute approximate surface area is 142 Å². The van der Waals surface area contributed by atoms with E-state index in [9.17, 15) is 4.79 Å². The Morgan fingerprint density at radius 1 is 1.09 bits per heavy atom. The van der Waals surface area contributed by atoms with Crippen molar-refractivity contribution in [3.05, 3.63) is 57.8 Å². The maximum atomic E-state index is 12.1. The van der Waals surface area contributed by atoms with Gasteiger partial charge in [0.1, 0.15) is 0 Å². The van der Waals surface area contributed by atoms with E-state index in [-0.39, 0.29) is 5.91 Å². The van der Waals surface area contributed by atoms with Gasteiger partial charge in [-0.3, -0.25) is 9.69 Å². The van der Waals surface area contributed by atoms with Crippen LogP contribution >= 0.6 is 11.3 Å². The quantitative estimate of drug-likeness (QED) is 0.842. The Hall–Kier alpha value is -1.65. The van der Waals surface area contributed by atoms with E-state index < -0.39 is 0 Å². The van der Waals surface area contributed by atoms with Crippen molar-refractivity contribution in [3.8, 4) is 0 Å². The number of carbonyl (C=O) groups excluding carboxylic acids is 1. The summed E-state index contributed by atoms with van der Waals surface area (Å²) in [7, 11) is 0. The highest BCUT2D eigenvalue weighted by molar-refractivity contribution is 7.09. The molecule has 2 heterocycles. The second kappa shape index (κ2) is 8.27. The number of hydrogen-bond acceptors (Lipinski definition) is 3. The molecule has 2 aromatic rings. The highest BCUT2D eigenvalue weighted by atomic mass is 32.1. The number of hydrogen-bond donors (Lipinski definition) is 1. The lowest BCUT2D eigenvalue weighted by Crippen LogP contribution is -2.25. The van der Waals surface area contributed by atoms with Gasteiger partial charge in [-0.1, -0.05) is 30.3 Å². The molecule has 1 saturated heterocycles. The molecule has 0 radical (unpaired) electrons. The second-order valence-corrected chi connectivity index (χ2v) is 7.14. The van der Waals surface area contributed by atoms with E-state index in [4.69, 9.17) is 0 Å². The van der Waals surface area contributed by atoms with Gasteiger partial charge in [0.25, 0.3) is 0 Å². The molecular weight excluding hydrogens is 304 g/mol. The summed E-state index contributed by atoms with van der Waals surface area (Å²) in [6.07, 6.45) is 4.01. The smallest absolute Gasteiger partial charge is 0.220 e. The molecule has 1 amide bonds. The van der Waals surface area contributed by atoms with Crippen LogP contribution in [0, 0.1) is 0 Å². The van der Waals surface area contributed by atoms with E-state index in [0.29, 0.717) is 13.0 Å². The Kier molecular flexibility index (Phi) is 5.83. The first kappa shape index (κ1) is 16.2. The Bertz CT molecular complexity index is 618. The minimum absolute atomic E-state index is 0.134. The number of rotatable bonds is 7. The van der Waals surface area contributed by atoms with Crippen LogP contribution in [0.4, 0.5) is 0 Å². The second-order valence-electron chi connectivity index (χ2n) is 6.11. The summed E-state index contributed by atoms with van der Waals surface area (Å²) >= 11 is 1.71.